The molecule has 0 fully saturated rings. The summed E-state index contributed by atoms with van der Waals surface area (Å²) in [6.45, 7) is 39.7. The van der Waals surface area contributed by atoms with Gasteiger partial charge < -0.3 is 15.3 Å². The number of aliphatic hydroxyl groups excluding tert-OH is 3. The minimum Gasteiger partial charge on any atom is 0 e. The molecule has 12 aromatic rings. The van der Waals surface area contributed by atoms with Gasteiger partial charge in [-0.15, -0.1) is 0 Å². The molecule has 0 spiro atoms. The molecule has 0 unspecified atom stereocenters. The van der Waals surface area contributed by atoms with Crippen molar-refractivity contribution in [3.8, 4) is 67.2 Å². The summed E-state index contributed by atoms with van der Waals surface area (Å²) in [6, 6.07) is 86.9. The Bertz CT molecular complexity index is 5670. The SMILES string of the molecule is CC(C)(C)C(=O)C=C(O)C(C)(C)C.CC(C)(C)c1cc[c-]c(-c2cc(-c3ccccc3)c3c[c]([Ge]([CH3])([CH3])[CH3])ccc3n2)c1.CC(C)C(=O)C=C(O)C(C)C.CCC(=O)C=C(O)CC.Cc1[c-]c(-c2cc(-c3ccccc3)c3c[c]([Ge]([CH3])([CH3])[CH3])ccc3n2)cc(C(C)(C)C)c1.Cc1cc[c-]c(-c2cc(-c3ccccc3)c3c[c]([Ge]([CH3])([CH3])[CH3])ccc3n2)c1.[Ir].[Ir].[Ir]. The summed E-state index contributed by atoms with van der Waals surface area (Å²) in [6.07, 6.45) is 4.92. The molecule has 0 saturated carbocycles. The van der Waals surface area contributed by atoms with E-state index in [4.69, 9.17) is 20.1 Å². The molecule has 663 valence electrons. The third kappa shape index (κ3) is 32.3. The number of aliphatic hydroxyl groups is 3. The molecular formula is C109H134Ge3Ir3N3O6-3. The van der Waals surface area contributed by atoms with E-state index < -0.39 is 45.2 Å². The van der Waals surface area contributed by atoms with Gasteiger partial charge in [0.25, 0.3) is 0 Å². The van der Waals surface area contributed by atoms with Gasteiger partial charge in [0, 0.05) is 114 Å². The van der Waals surface area contributed by atoms with E-state index in [1.165, 1.54) is 97.6 Å². The van der Waals surface area contributed by atoms with Gasteiger partial charge in [0.1, 0.15) is 5.76 Å². The normalized spacial score (nSPS) is 12.1. The molecule has 12 rings (SSSR count). The van der Waals surface area contributed by atoms with Crippen LogP contribution in [-0.2, 0) is 85.5 Å². The van der Waals surface area contributed by atoms with E-state index in [0.717, 1.165) is 55.9 Å². The number of allylic oxidation sites excluding steroid dienone is 6. The van der Waals surface area contributed by atoms with Crippen molar-refractivity contribution < 1.29 is 90.0 Å². The maximum atomic E-state index is 11.5. The third-order valence-corrected chi connectivity index (χ3v) is 33.7. The van der Waals surface area contributed by atoms with E-state index in [-0.39, 0.29) is 123 Å². The molecule has 15 heteroatoms. The number of aromatic nitrogens is 3. The molecule has 9 aromatic carbocycles. The van der Waals surface area contributed by atoms with Crippen LogP contribution in [0.1, 0.15) is 160 Å². The van der Waals surface area contributed by atoms with Crippen molar-refractivity contribution in [2.45, 2.75) is 214 Å². The Morgan fingerprint density at radius 1 is 0.403 bits per heavy atom. The van der Waals surface area contributed by atoms with Gasteiger partial charge in [-0.25, -0.2) is 0 Å². The molecule has 0 aliphatic carbocycles. The quantitative estimate of drug-likeness (QED) is 0.0372. The average molecular weight is 2380 g/mol. The van der Waals surface area contributed by atoms with Crippen molar-refractivity contribution in [1.82, 2.24) is 15.0 Å². The number of nitrogens with zero attached hydrogens (tertiary/aromatic N) is 3. The predicted molar refractivity (Wildman–Crippen MR) is 526 cm³/mol. The monoisotopic (exact) mass is 2380 g/mol. The van der Waals surface area contributed by atoms with E-state index in [2.05, 4.69) is 326 Å². The molecular weight excluding hydrogens is 2240 g/mol. The number of ketones is 3. The zero-order chi connectivity index (χ0) is 90.1. The van der Waals surface area contributed by atoms with Crippen molar-refractivity contribution in [3.63, 3.8) is 0 Å². The first-order chi connectivity index (χ1) is 56.3. The second-order valence-corrected chi connectivity index (χ2v) is 71.4. The fourth-order valence-corrected chi connectivity index (χ4v) is 19.9. The van der Waals surface area contributed by atoms with Gasteiger partial charge in [0.15, 0.2) is 17.3 Å². The predicted octanol–water partition coefficient (Wildman–Crippen LogP) is 28.2. The number of carbonyl (C=O) groups is 3. The van der Waals surface area contributed by atoms with Crippen molar-refractivity contribution in [1.29, 1.82) is 0 Å². The van der Waals surface area contributed by atoms with Gasteiger partial charge in [-0.05, 0) is 0 Å². The molecule has 3 heterocycles. The van der Waals surface area contributed by atoms with Crippen molar-refractivity contribution in [3.05, 3.63) is 288 Å². The molecule has 0 aliphatic rings. The summed E-state index contributed by atoms with van der Waals surface area (Å²) in [5.74, 6) is 22.4. The second kappa shape index (κ2) is 46.9. The van der Waals surface area contributed by atoms with Crippen LogP contribution >= 0.6 is 0 Å². The number of pyridine rings is 3. The van der Waals surface area contributed by atoms with Crippen molar-refractivity contribution >= 4 is 103 Å². The number of carbonyl (C=O) groups excluding carboxylic acids is 3. The van der Waals surface area contributed by atoms with Crippen LogP contribution in [0.15, 0.2) is 248 Å². The molecule has 0 bridgehead atoms. The van der Waals surface area contributed by atoms with Crippen LogP contribution in [0.4, 0.5) is 0 Å². The molecule has 3 N–H and O–H groups in total. The smallest absolute Gasteiger partial charge is 0 e. The van der Waals surface area contributed by atoms with E-state index >= 15 is 0 Å². The van der Waals surface area contributed by atoms with Crippen LogP contribution in [0.25, 0.3) is 99.9 Å². The summed E-state index contributed by atoms with van der Waals surface area (Å²) in [5, 5.41) is 31.3. The van der Waals surface area contributed by atoms with Crippen LogP contribution in [0.2, 0.25) is 51.8 Å². The fourth-order valence-electron chi connectivity index (χ4n) is 12.6. The number of aryl methyl sites for hydroxylation is 2. The Morgan fingerprint density at radius 3 is 1.09 bits per heavy atom. The van der Waals surface area contributed by atoms with Gasteiger partial charge in [-0.2, -0.15) is 0 Å². The first-order valence-corrected chi connectivity index (χ1v) is 64.7. The first kappa shape index (κ1) is 109. The first-order valence-electron chi connectivity index (χ1n) is 42.7. The number of hydrogen-bond donors (Lipinski definition) is 3. The summed E-state index contributed by atoms with van der Waals surface area (Å²) in [7, 11) is 0. The van der Waals surface area contributed by atoms with Gasteiger partial charge in [0.05, 0.1) is 11.5 Å². The van der Waals surface area contributed by atoms with Crippen molar-refractivity contribution in [2.24, 2.45) is 22.7 Å². The largest absolute Gasteiger partial charge is 0 e. The standard InChI is InChI=1S/C29H32GeN.C28H30GeN.C25H24GeN.C11H20O2.C9H16O2.C7H12O2.3Ir/c1-20-15-22(17-23(16-20)29(2,3)4)28-19-25(21-11-9-8-10-12-21)26-18-24(30(5,6)7)13-14-27(26)31-28;1-28(2,3)22-14-10-13-21(17-22)27-19-24(20-11-8-7-9-12-20)25-18-23(29(4,5)6)15-16-26(25)30-27;1-18-9-8-12-20(15-18)25-17-22(19-10-6-5-7-11-19)23-16-21(26(2,3)4)13-14-24(23)27-25;1-10(2,3)8(12)7-9(13)11(4,5)6;1-6(2)8(10)5-9(11)7(3)4;1-3-6(8)5-7(9)4-2;;;/h8-14,16-19H,1-7H3;7-12,14-19H,1-6H3;5-11,13-17H,1-4H3;7,12H,1-6H3;5-7,10H,1-4H3;5,8H,3-4H2,1-2H3;;;/q3*-1;;;;;;. The molecule has 0 saturated heterocycles. The molecule has 3 aromatic heterocycles. The number of hydrogen-bond acceptors (Lipinski definition) is 9. The fraction of sp³-hybridized carbons (Fsp3) is 0.339. The third-order valence-electron chi connectivity index (χ3n) is 20.9. The van der Waals surface area contributed by atoms with E-state index in [1.54, 1.807) is 13.8 Å². The minimum atomic E-state index is -1.95. The Hall–Kier alpha value is -7.58. The van der Waals surface area contributed by atoms with Crippen LogP contribution in [0, 0.1) is 54.7 Å². The molecule has 124 heavy (non-hydrogen) atoms. The van der Waals surface area contributed by atoms with Gasteiger partial charge in [-0.1, -0.05) is 83.1 Å². The molecule has 0 aliphatic heterocycles. The number of benzene rings is 9. The average Bonchev–Trinajstić information content (AvgIpc) is 0.776. The maximum Gasteiger partial charge on any atom is 0 e. The van der Waals surface area contributed by atoms with Gasteiger partial charge in [-0.3, -0.25) is 14.4 Å². The van der Waals surface area contributed by atoms with Crippen LogP contribution in [0.5, 0.6) is 0 Å². The number of rotatable bonds is 16. The summed E-state index contributed by atoms with van der Waals surface area (Å²) >= 11 is -5.81. The minimum absolute atomic E-state index is 0. The summed E-state index contributed by atoms with van der Waals surface area (Å²) in [5.41, 5.74) is 21.2. The zero-order valence-corrected chi connectivity index (χ0v) is 92.4. The van der Waals surface area contributed by atoms with E-state index in [9.17, 15) is 24.6 Å². The molecule has 0 amide bonds. The van der Waals surface area contributed by atoms with Crippen LogP contribution < -0.4 is 13.2 Å². The van der Waals surface area contributed by atoms with Crippen LogP contribution in [-0.4, -0.2) is 87.4 Å². The maximum absolute atomic E-state index is 11.5. The summed E-state index contributed by atoms with van der Waals surface area (Å²) < 4.78 is 4.53. The zero-order valence-electron chi connectivity index (χ0n) is 78.9. The van der Waals surface area contributed by atoms with Crippen molar-refractivity contribution in [2.75, 3.05) is 0 Å². The summed E-state index contributed by atoms with van der Waals surface area (Å²) in [4.78, 5) is 48.2. The molecule has 9 nitrogen and oxygen atoms in total. The van der Waals surface area contributed by atoms with Crippen LogP contribution in [0.3, 0.4) is 0 Å². The van der Waals surface area contributed by atoms with Gasteiger partial charge >= 0.3 is 539 Å². The Balaban J connectivity index is 0.000000328. The Labute approximate surface area is 792 Å². The van der Waals surface area contributed by atoms with E-state index in [1.807, 2.05) is 81.4 Å². The molecule has 0 atom stereocenters. The molecule has 3 radical (unpaired) electrons. The van der Waals surface area contributed by atoms with E-state index in [0.29, 0.717) is 12.8 Å². The van der Waals surface area contributed by atoms with Gasteiger partial charge in [0.2, 0.25) is 0 Å². The topological polar surface area (TPSA) is 151 Å². The Morgan fingerprint density at radius 2 is 0.766 bits per heavy atom. The number of fused-ring (bicyclic) bond motifs is 3. The Kier molecular flexibility index (Phi) is 41.2. The second-order valence-electron chi connectivity index (χ2n) is 39.4.